The van der Waals surface area contributed by atoms with Crippen LogP contribution in [-0.4, -0.2) is 19.0 Å². The molecule has 0 saturated heterocycles. The van der Waals surface area contributed by atoms with Gasteiger partial charge < -0.3 is 10.6 Å². The smallest absolute Gasteiger partial charge is 0.112 e. The van der Waals surface area contributed by atoms with Crippen LogP contribution < -0.4 is 10.6 Å². The first kappa shape index (κ1) is 11.0. The minimum atomic E-state index is 0.489. The summed E-state index contributed by atoms with van der Waals surface area (Å²) in [6.45, 7) is 1.11. The Morgan fingerprint density at radius 1 is 1.00 bits per heavy atom. The highest BCUT2D eigenvalue weighted by Gasteiger charge is 2.19. The number of nitrogens with zero attached hydrogens (tertiary/aromatic N) is 2. The number of nitrogens with two attached hydrogens (primary N) is 1. The van der Waals surface area contributed by atoms with Gasteiger partial charge in [-0.15, -0.1) is 0 Å². The molecule has 0 saturated carbocycles. The normalized spacial score (nSPS) is 14.1. The van der Waals surface area contributed by atoms with Crippen molar-refractivity contribution < 1.29 is 0 Å². The van der Waals surface area contributed by atoms with Crippen molar-refractivity contribution in [2.75, 3.05) is 18.2 Å². The zero-order chi connectivity index (χ0) is 12.4. The predicted molar refractivity (Wildman–Crippen MR) is 74.9 cm³/mol. The Hall–Kier alpha value is -2.13. The Balaban J connectivity index is 2.11. The summed E-state index contributed by atoms with van der Waals surface area (Å²) in [6, 6.07) is 18.5. The van der Waals surface area contributed by atoms with E-state index in [4.69, 9.17) is 5.73 Å². The number of aliphatic imine (C=N–C) groups is 1. The number of benzene rings is 2. The quantitative estimate of drug-likeness (QED) is 0.870. The lowest BCUT2D eigenvalue weighted by Crippen LogP contribution is -2.34. The van der Waals surface area contributed by atoms with Gasteiger partial charge in [0.05, 0.1) is 12.4 Å². The fourth-order valence-electron chi connectivity index (χ4n) is 2.27. The van der Waals surface area contributed by atoms with Crippen molar-refractivity contribution in [3.05, 3.63) is 65.7 Å². The van der Waals surface area contributed by atoms with E-state index in [1.54, 1.807) is 0 Å². The van der Waals surface area contributed by atoms with Crippen molar-refractivity contribution in [2.45, 2.75) is 0 Å². The molecule has 0 aliphatic carbocycles. The monoisotopic (exact) mass is 237 g/mol. The van der Waals surface area contributed by atoms with Crippen LogP contribution in [0, 0.1) is 0 Å². The van der Waals surface area contributed by atoms with Gasteiger partial charge >= 0.3 is 0 Å². The van der Waals surface area contributed by atoms with E-state index in [2.05, 4.69) is 34.2 Å². The summed E-state index contributed by atoms with van der Waals surface area (Å²) in [7, 11) is 0. The van der Waals surface area contributed by atoms with E-state index in [0.29, 0.717) is 13.3 Å². The molecule has 0 unspecified atom stereocenters. The molecule has 0 radical (unpaired) electrons. The van der Waals surface area contributed by atoms with E-state index < -0.39 is 0 Å². The number of hydrogen-bond acceptors (Lipinski definition) is 3. The molecule has 3 rings (SSSR count). The van der Waals surface area contributed by atoms with Crippen molar-refractivity contribution in [1.82, 2.24) is 0 Å². The molecule has 0 atom stereocenters. The molecule has 0 spiro atoms. The third-order valence-electron chi connectivity index (χ3n) is 3.17. The summed E-state index contributed by atoms with van der Waals surface area (Å²) in [4.78, 5) is 6.73. The Bertz CT molecular complexity index is 575. The molecule has 3 nitrogen and oxygen atoms in total. The molecule has 0 bridgehead atoms. The zero-order valence-electron chi connectivity index (χ0n) is 10.1. The SMILES string of the molecule is NCN1CN=C(c2ccccc2)c2ccccc21. The molecule has 0 aromatic heterocycles. The summed E-state index contributed by atoms with van der Waals surface area (Å²) >= 11 is 0. The Morgan fingerprint density at radius 3 is 2.50 bits per heavy atom. The maximum absolute atomic E-state index is 5.76. The van der Waals surface area contributed by atoms with E-state index in [1.807, 2.05) is 30.3 Å². The van der Waals surface area contributed by atoms with Gasteiger partial charge in [-0.25, -0.2) is 0 Å². The highest BCUT2D eigenvalue weighted by Crippen LogP contribution is 2.26. The van der Waals surface area contributed by atoms with E-state index in [-0.39, 0.29) is 0 Å². The number of fused-ring (bicyclic) bond motifs is 1. The Labute approximate surface area is 107 Å². The molecule has 1 aliphatic rings. The molecule has 90 valence electrons. The molecule has 2 aromatic rings. The molecule has 3 heteroatoms. The van der Waals surface area contributed by atoms with Crippen LogP contribution in [0.5, 0.6) is 0 Å². The maximum Gasteiger partial charge on any atom is 0.112 e. The molecule has 1 heterocycles. The highest BCUT2D eigenvalue weighted by molar-refractivity contribution is 6.16. The Morgan fingerprint density at radius 2 is 1.72 bits per heavy atom. The van der Waals surface area contributed by atoms with Crippen LogP contribution in [0.3, 0.4) is 0 Å². The van der Waals surface area contributed by atoms with Gasteiger partial charge in [0.25, 0.3) is 0 Å². The molecular weight excluding hydrogens is 222 g/mol. The summed E-state index contributed by atoms with van der Waals surface area (Å²) < 4.78 is 0. The average Bonchev–Trinajstić information content (AvgIpc) is 2.47. The van der Waals surface area contributed by atoms with Crippen LogP contribution in [0.4, 0.5) is 5.69 Å². The van der Waals surface area contributed by atoms with Crippen LogP contribution in [0.1, 0.15) is 11.1 Å². The van der Waals surface area contributed by atoms with Gasteiger partial charge in [-0.05, 0) is 6.07 Å². The third kappa shape index (κ3) is 1.79. The number of hydrogen-bond donors (Lipinski definition) is 1. The Kier molecular flexibility index (Phi) is 2.82. The summed E-state index contributed by atoms with van der Waals surface area (Å²) in [5, 5.41) is 0. The highest BCUT2D eigenvalue weighted by atomic mass is 15.2. The molecule has 0 amide bonds. The second-order valence-corrected chi connectivity index (χ2v) is 4.25. The molecular formula is C15H15N3. The van der Waals surface area contributed by atoms with Crippen LogP contribution in [-0.2, 0) is 0 Å². The fraction of sp³-hybridized carbons (Fsp3) is 0.133. The van der Waals surface area contributed by atoms with Gasteiger partial charge in [0, 0.05) is 16.8 Å². The molecule has 0 fully saturated rings. The van der Waals surface area contributed by atoms with Crippen LogP contribution in [0.25, 0.3) is 0 Å². The first-order chi connectivity index (χ1) is 8.90. The van der Waals surface area contributed by atoms with Gasteiger partial charge in [-0.1, -0.05) is 48.5 Å². The van der Waals surface area contributed by atoms with E-state index in [0.717, 1.165) is 22.5 Å². The molecule has 18 heavy (non-hydrogen) atoms. The second kappa shape index (κ2) is 4.63. The van der Waals surface area contributed by atoms with E-state index in [1.165, 1.54) is 0 Å². The maximum atomic E-state index is 5.76. The molecule has 1 aliphatic heterocycles. The van der Waals surface area contributed by atoms with Crippen molar-refractivity contribution in [1.29, 1.82) is 0 Å². The van der Waals surface area contributed by atoms with Gasteiger partial charge in [0.15, 0.2) is 0 Å². The second-order valence-electron chi connectivity index (χ2n) is 4.25. The summed E-state index contributed by atoms with van der Waals surface area (Å²) in [5.41, 5.74) is 10.3. The average molecular weight is 237 g/mol. The molecule has 2 N–H and O–H groups in total. The lowest BCUT2D eigenvalue weighted by Gasteiger charge is -2.28. The third-order valence-corrected chi connectivity index (χ3v) is 3.17. The topological polar surface area (TPSA) is 41.6 Å². The van der Waals surface area contributed by atoms with Crippen molar-refractivity contribution >= 4 is 11.4 Å². The van der Waals surface area contributed by atoms with E-state index in [9.17, 15) is 0 Å². The lowest BCUT2D eigenvalue weighted by molar-refractivity contribution is 0.814. The lowest BCUT2D eigenvalue weighted by atomic mass is 9.99. The first-order valence-electron chi connectivity index (χ1n) is 6.04. The van der Waals surface area contributed by atoms with Gasteiger partial charge in [-0.2, -0.15) is 0 Å². The number of rotatable bonds is 2. The largest absolute Gasteiger partial charge is 0.339 e. The first-order valence-corrected chi connectivity index (χ1v) is 6.04. The number of para-hydroxylation sites is 1. The minimum absolute atomic E-state index is 0.489. The van der Waals surface area contributed by atoms with Crippen LogP contribution in [0.2, 0.25) is 0 Å². The summed E-state index contributed by atoms with van der Waals surface area (Å²) in [6.07, 6.45) is 0. The van der Waals surface area contributed by atoms with Crippen molar-refractivity contribution in [2.24, 2.45) is 10.7 Å². The standard InChI is InChI=1S/C15H15N3/c16-10-18-11-17-15(12-6-2-1-3-7-12)13-8-4-5-9-14(13)18/h1-9H,10-11,16H2. The van der Waals surface area contributed by atoms with Crippen molar-refractivity contribution in [3.63, 3.8) is 0 Å². The van der Waals surface area contributed by atoms with Crippen LogP contribution in [0.15, 0.2) is 59.6 Å². The minimum Gasteiger partial charge on any atom is -0.339 e. The zero-order valence-corrected chi connectivity index (χ0v) is 10.1. The number of anilines is 1. The van der Waals surface area contributed by atoms with Gasteiger partial charge in [-0.3, -0.25) is 4.99 Å². The van der Waals surface area contributed by atoms with E-state index >= 15 is 0 Å². The van der Waals surface area contributed by atoms with Crippen molar-refractivity contribution in [3.8, 4) is 0 Å². The van der Waals surface area contributed by atoms with Crippen LogP contribution >= 0.6 is 0 Å². The predicted octanol–water partition coefficient (Wildman–Crippen LogP) is 2.22. The molecule has 2 aromatic carbocycles. The van der Waals surface area contributed by atoms with Gasteiger partial charge in [0.2, 0.25) is 0 Å². The summed E-state index contributed by atoms with van der Waals surface area (Å²) in [5.74, 6) is 0. The fourth-order valence-corrected chi connectivity index (χ4v) is 2.27. The van der Waals surface area contributed by atoms with Gasteiger partial charge in [0.1, 0.15) is 6.67 Å².